The molecule has 0 fully saturated rings. The SMILES string of the molecule is Cc1cc(O)c(Cc2c(O)cc(C)cc2C(C)(C)C)c(C(C)(C)C)c1. The molecule has 0 spiro atoms. The first-order valence-corrected chi connectivity index (χ1v) is 8.96. The highest BCUT2D eigenvalue weighted by molar-refractivity contribution is 5.53. The van der Waals surface area contributed by atoms with E-state index in [1.54, 1.807) is 0 Å². The van der Waals surface area contributed by atoms with Crippen LogP contribution in [0.25, 0.3) is 0 Å². The van der Waals surface area contributed by atoms with Gasteiger partial charge < -0.3 is 10.2 Å². The second-order valence-electron chi connectivity index (χ2n) is 9.30. The molecular weight excluding hydrogens is 308 g/mol. The van der Waals surface area contributed by atoms with Crippen molar-refractivity contribution < 1.29 is 10.2 Å². The largest absolute Gasteiger partial charge is 0.508 e. The molecule has 0 aliphatic heterocycles. The van der Waals surface area contributed by atoms with Gasteiger partial charge in [0.25, 0.3) is 0 Å². The summed E-state index contributed by atoms with van der Waals surface area (Å²) in [5.74, 6) is 0.620. The maximum atomic E-state index is 10.7. The monoisotopic (exact) mass is 340 g/mol. The van der Waals surface area contributed by atoms with Gasteiger partial charge in [0, 0.05) is 17.5 Å². The molecular formula is C23H32O2. The topological polar surface area (TPSA) is 40.5 Å². The summed E-state index contributed by atoms with van der Waals surface area (Å²) in [5.41, 5.74) is 6.01. The Balaban J connectivity index is 2.70. The molecule has 2 heteroatoms. The van der Waals surface area contributed by atoms with E-state index in [0.29, 0.717) is 17.9 Å². The van der Waals surface area contributed by atoms with Crippen molar-refractivity contribution >= 4 is 0 Å². The van der Waals surface area contributed by atoms with Gasteiger partial charge in [-0.25, -0.2) is 0 Å². The van der Waals surface area contributed by atoms with Crippen LogP contribution >= 0.6 is 0 Å². The van der Waals surface area contributed by atoms with E-state index >= 15 is 0 Å². The highest BCUT2D eigenvalue weighted by atomic mass is 16.3. The molecule has 2 rings (SSSR count). The van der Waals surface area contributed by atoms with Crippen molar-refractivity contribution in [3.05, 3.63) is 57.6 Å². The fourth-order valence-electron chi connectivity index (χ4n) is 3.48. The van der Waals surface area contributed by atoms with Crippen LogP contribution in [0.1, 0.15) is 74.9 Å². The first-order chi connectivity index (χ1) is 11.3. The molecule has 0 bridgehead atoms. The summed E-state index contributed by atoms with van der Waals surface area (Å²) < 4.78 is 0. The van der Waals surface area contributed by atoms with E-state index in [1.165, 1.54) is 0 Å². The Hall–Kier alpha value is -1.96. The second-order valence-corrected chi connectivity index (χ2v) is 9.30. The Morgan fingerprint density at radius 1 is 0.640 bits per heavy atom. The zero-order valence-corrected chi connectivity index (χ0v) is 16.9. The number of phenols is 2. The highest BCUT2D eigenvalue weighted by Gasteiger charge is 2.25. The van der Waals surface area contributed by atoms with Crippen LogP contribution in [-0.4, -0.2) is 10.2 Å². The quantitative estimate of drug-likeness (QED) is 0.714. The number of aromatic hydroxyl groups is 2. The van der Waals surface area contributed by atoms with Crippen LogP contribution in [0.15, 0.2) is 24.3 Å². The number of phenolic OH excluding ortho intramolecular Hbond substituents is 2. The summed E-state index contributed by atoms with van der Waals surface area (Å²) >= 11 is 0. The fraction of sp³-hybridized carbons (Fsp3) is 0.478. The van der Waals surface area contributed by atoms with Gasteiger partial charge in [-0.15, -0.1) is 0 Å². The molecule has 0 saturated carbocycles. The molecule has 0 amide bonds. The summed E-state index contributed by atoms with van der Waals surface area (Å²) in [7, 11) is 0. The molecule has 2 aromatic carbocycles. The molecule has 0 unspecified atom stereocenters. The minimum atomic E-state index is -0.0823. The zero-order valence-electron chi connectivity index (χ0n) is 16.9. The maximum Gasteiger partial charge on any atom is 0.119 e. The van der Waals surface area contributed by atoms with Gasteiger partial charge in [-0.3, -0.25) is 0 Å². The van der Waals surface area contributed by atoms with Crippen LogP contribution in [0.5, 0.6) is 11.5 Å². The molecule has 0 saturated heterocycles. The lowest BCUT2D eigenvalue weighted by atomic mass is 9.77. The van der Waals surface area contributed by atoms with Gasteiger partial charge in [0.15, 0.2) is 0 Å². The number of rotatable bonds is 2. The Labute approximate surface area is 152 Å². The van der Waals surface area contributed by atoms with Crippen molar-refractivity contribution in [1.29, 1.82) is 0 Å². The lowest BCUT2D eigenvalue weighted by Gasteiger charge is -2.28. The van der Waals surface area contributed by atoms with Crippen molar-refractivity contribution in [3.63, 3.8) is 0 Å². The number of benzene rings is 2. The van der Waals surface area contributed by atoms with Gasteiger partial charge in [0.1, 0.15) is 11.5 Å². The first kappa shape index (κ1) is 19.4. The smallest absolute Gasteiger partial charge is 0.119 e. The lowest BCUT2D eigenvalue weighted by Crippen LogP contribution is -2.18. The van der Waals surface area contributed by atoms with Gasteiger partial charge in [0.05, 0.1) is 0 Å². The fourth-order valence-corrected chi connectivity index (χ4v) is 3.48. The molecule has 2 aromatic rings. The standard InChI is InChI=1S/C23H32O2/c1-14-9-18(22(3,4)5)16(20(24)11-14)13-17-19(23(6,7)8)10-15(2)12-21(17)25/h9-12,24-25H,13H2,1-8H3. The Kier molecular flexibility index (Phi) is 4.96. The van der Waals surface area contributed by atoms with Crippen LogP contribution in [0, 0.1) is 13.8 Å². The van der Waals surface area contributed by atoms with E-state index in [2.05, 4.69) is 53.7 Å². The molecule has 2 nitrogen and oxygen atoms in total. The van der Waals surface area contributed by atoms with E-state index in [9.17, 15) is 10.2 Å². The van der Waals surface area contributed by atoms with E-state index < -0.39 is 0 Å². The van der Waals surface area contributed by atoms with Crippen molar-refractivity contribution in [3.8, 4) is 11.5 Å². The van der Waals surface area contributed by atoms with Crippen LogP contribution in [-0.2, 0) is 17.3 Å². The van der Waals surface area contributed by atoms with E-state index in [-0.39, 0.29) is 10.8 Å². The van der Waals surface area contributed by atoms with Gasteiger partial charge in [-0.1, -0.05) is 53.7 Å². The molecule has 0 atom stereocenters. The molecule has 0 aliphatic carbocycles. The molecule has 0 heterocycles. The summed E-state index contributed by atoms with van der Waals surface area (Å²) in [5, 5.41) is 21.3. The predicted molar refractivity (Wildman–Crippen MR) is 106 cm³/mol. The van der Waals surface area contributed by atoms with Crippen molar-refractivity contribution in [2.24, 2.45) is 0 Å². The van der Waals surface area contributed by atoms with Crippen molar-refractivity contribution in [2.45, 2.75) is 72.6 Å². The van der Waals surface area contributed by atoms with Crippen molar-refractivity contribution in [2.75, 3.05) is 0 Å². The van der Waals surface area contributed by atoms with Crippen LogP contribution in [0.4, 0.5) is 0 Å². The van der Waals surface area contributed by atoms with Crippen LogP contribution in [0.2, 0.25) is 0 Å². The average molecular weight is 341 g/mol. The minimum Gasteiger partial charge on any atom is -0.508 e. The number of aryl methyl sites for hydroxylation is 2. The Bertz CT molecular complexity index is 720. The van der Waals surface area contributed by atoms with Gasteiger partial charge in [-0.2, -0.15) is 0 Å². The molecule has 25 heavy (non-hydrogen) atoms. The van der Waals surface area contributed by atoms with Crippen molar-refractivity contribution in [1.82, 2.24) is 0 Å². The molecule has 2 N–H and O–H groups in total. The third kappa shape index (κ3) is 4.18. The van der Waals surface area contributed by atoms with Crippen LogP contribution in [0.3, 0.4) is 0 Å². The van der Waals surface area contributed by atoms with Gasteiger partial charge >= 0.3 is 0 Å². The molecule has 0 radical (unpaired) electrons. The number of hydrogen-bond acceptors (Lipinski definition) is 2. The van der Waals surface area contributed by atoms with E-state index in [4.69, 9.17) is 0 Å². The minimum absolute atomic E-state index is 0.0823. The Morgan fingerprint density at radius 3 is 1.24 bits per heavy atom. The maximum absolute atomic E-state index is 10.7. The third-order valence-electron chi connectivity index (χ3n) is 4.71. The summed E-state index contributed by atoms with van der Waals surface area (Å²) in [6.45, 7) is 16.9. The summed E-state index contributed by atoms with van der Waals surface area (Å²) in [6.07, 6.45) is 0.525. The molecule has 0 aliphatic rings. The normalized spacial score (nSPS) is 12.5. The van der Waals surface area contributed by atoms with Crippen LogP contribution < -0.4 is 0 Å². The van der Waals surface area contributed by atoms with Gasteiger partial charge in [-0.05, 0) is 59.1 Å². The summed E-state index contributed by atoms with van der Waals surface area (Å²) in [6, 6.07) is 7.92. The predicted octanol–water partition coefficient (Wildman–Crippen LogP) is 5.90. The average Bonchev–Trinajstić information content (AvgIpc) is 2.40. The van der Waals surface area contributed by atoms with E-state index in [1.807, 2.05) is 26.0 Å². The summed E-state index contributed by atoms with van der Waals surface area (Å²) in [4.78, 5) is 0. The zero-order chi connectivity index (χ0) is 19.2. The molecule has 0 aromatic heterocycles. The van der Waals surface area contributed by atoms with Gasteiger partial charge in [0.2, 0.25) is 0 Å². The Morgan fingerprint density at radius 2 is 0.960 bits per heavy atom. The first-order valence-electron chi connectivity index (χ1n) is 8.96. The molecule has 136 valence electrons. The second kappa shape index (κ2) is 6.40. The third-order valence-corrected chi connectivity index (χ3v) is 4.71. The lowest BCUT2D eigenvalue weighted by molar-refractivity contribution is 0.454. The number of hydrogen-bond donors (Lipinski definition) is 2. The highest BCUT2D eigenvalue weighted by Crippen LogP contribution is 2.39. The van der Waals surface area contributed by atoms with E-state index in [0.717, 1.165) is 33.4 Å².